The number of halogens is 1. The van der Waals surface area contributed by atoms with Crippen molar-refractivity contribution in [2.45, 2.75) is 31.3 Å². The van der Waals surface area contributed by atoms with Crippen molar-refractivity contribution in [1.82, 2.24) is 10.2 Å². The van der Waals surface area contributed by atoms with Gasteiger partial charge in [-0.15, -0.1) is 0 Å². The van der Waals surface area contributed by atoms with Crippen LogP contribution in [0.3, 0.4) is 0 Å². The zero-order valence-corrected chi connectivity index (χ0v) is 13.0. The summed E-state index contributed by atoms with van der Waals surface area (Å²) in [7, 11) is 0. The van der Waals surface area contributed by atoms with Crippen molar-refractivity contribution in [1.29, 1.82) is 0 Å². The number of nitrogens with one attached hydrogen (secondary N) is 1. The van der Waals surface area contributed by atoms with Crippen molar-refractivity contribution in [3.63, 3.8) is 0 Å². The topological polar surface area (TPSA) is 75.5 Å². The number of carbonyl (C=O) groups excluding carboxylic acids is 1. The summed E-state index contributed by atoms with van der Waals surface area (Å²) in [5.41, 5.74) is 0.304. The van der Waals surface area contributed by atoms with Crippen LogP contribution in [-0.4, -0.2) is 40.9 Å². The first kappa shape index (κ1) is 14.5. The van der Waals surface area contributed by atoms with Crippen molar-refractivity contribution in [3.8, 4) is 0 Å². The summed E-state index contributed by atoms with van der Waals surface area (Å²) in [5, 5.41) is 14.4. The summed E-state index contributed by atoms with van der Waals surface area (Å²) in [4.78, 5) is 24.9. The Kier molecular flexibility index (Phi) is 3.95. The molecule has 3 rings (SSSR count). The Morgan fingerprint density at radius 2 is 2.10 bits per heavy atom. The van der Waals surface area contributed by atoms with E-state index in [1.54, 1.807) is 11.0 Å². The lowest BCUT2D eigenvalue weighted by Gasteiger charge is -2.24. The minimum Gasteiger partial charge on any atom is -0.337 e. The van der Waals surface area contributed by atoms with E-state index in [4.69, 9.17) is 0 Å². The molecule has 7 heteroatoms. The molecule has 0 saturated carbocycles. The van der Waals surface area contributed by atoms with Gasteiger partial charge in [0.1, 0.15) is 0 Å². The molecule has 1 aromatic rings. The molecule has 2 atom stereocenters. The summed E-state index contributed by atoms with van der Waals surface area (Å²) in [5.74, 6) is -0.139. The monoisotopic (exact) mass is 353 g/mol. The highest BCUT2D eigenvalue weighted by Crippen LogP contribution is 2.26. The average Bonchev–Trinajstić information content (AvgIpc) is 2.78. The molecule has 21 heavy (non-hydrogen) atoms. The zero-order valence-electron chi connectivity index (χ0n) is 11.4. The van der Waals surface area contributed by atoms with Gasteiger partial charge >= 0.3 is 0 Å². The molecule has 2 unspecified atom stereocenters. The molecule has 1 N–H and O–H groups in total. The first-order chi connectivity index (χ1) is 10.0. The highest BCUT2D eigenvalue weighted by atomic mass is 79.9. The Morgan fingerprint density at radius 3 is 2.86 bits per heavy atom. The number of hydrogen-bond donors (Lipinski definition) is 1. The maximum atomic E-state index is 12.7. The van der Waals surface area contributed by atoms with Gasteiger partial charge in [0.15, 0.2) is 0 Å². The largest absolute Gasteiger partial charge is 0.337 e. The van der Waals surface area contributed by atoms with Crippen LogP contribution in [0.2, 0.25) is 0 Å². The van der Waals surface area contributed by atoms with Crippen molar-refractivity contribution >= 4 is 27.5 Å². The van der Waals surface area contributed by atoms with Gasteiger partial charge in [-0.1, -0.05) is 0 Å². The molecule has 0 aliphatic carbocycles. The van der Waals surface area contributed by atoms with Gasteiger partial charge in [-0.05, 0) is 41.3 Å². The normalized spacial score (nSPS) is 24.7. The number of likely N-dealkylation sites (tertiary alicyclic amines) is 1. The lowest BCUT2D eigenvalue weighted by atomic mass is 10.1. The van der Waals surface area contributed by atoms with Gasteiger partial charge in [0.2, 0.25) is 0 Å². The second-order valence-corrected chi connectivity index (χ2v) is 6.45. The minimum atomic E-state index is -0.477. The highest BCUT2D eigenvalue weighted by molar-refractivity contribution is 9.10. The average molecular weight is 354 g/mol. The fourth-order valence-corrected chi connectivity index (χ4v) is 3.50. The van der Waals surface area contributed by atoms with Crippen LogP contribution < -0.4 is 5.32 Å². The van der Waals surface area contributed by atoms with E-state index in [0.29, 0.717) is 35.2 Å². The van der Waals surface area contributed by atoms with Crippen molar-refractivity contribution in [2.24, 2.45) is 0 Å². The van der Waals surface area contributed by atoms with Crippen LogP contribution in [0.25, 0.3) is 0 Å². The number of nitrogens with zero attached hydrogens (tertiary/aromatic N) is 2. The number of nitro groups is 1. The van der Waals surface area contributed by atoms with Gasteiger partial charge in [0.05, 0.1) is 10.5 Å². The molecule has 2 fully saturated rings. The van der Waals surface area contributed by atoms with E-state index in [2.05, 4.69) is 21.2 Å². The van der Waals surface area contributed by atoms with Gasteiger partial charge in [-0.3, -0.25) is 14.9 Å². The third kappa shape index (κ3) is 2.94. The predicted molar refractivity (Wildman–Crippen MR) is 81.3 cm³/mol. The molecule has 1 amide bonds. The van der Waals surface area contributed by atoms with Crippen LogP contribution in [0.15, 0.2) is 22.7 Å². The summed E-state index contributed by atoms with van der Waals surface area (Å²) >= 11 is 3.32. The molecule has 2 heterocycles. The number of benzene rings is 1. The van der Waals surface area contributed by atoms with Gasteiger partial charge in [-0.25, -0.2) is 0 Å². The summed E-state index contributed by atoms with van der Waals surface area (Å²) in [6.45, 7) is 1.37. The lowest BCUT2D eigenvalue weighted by molar-refractivity contribution is -0.384. The maximum Gasteiger partial charge on any atom is 0.270 e. The summed E-state index contributed by atoms with van der Waals surface area (Å²) < 4.78 is 0.598. The van der Waals surface area contributed by atoms with E-state index in [1.165, 1.54) is 18.6 Å². The number of hydrogen-bond acceptors (Lipinski definition) is 4. The zero-order chi connectivity index (χ0) is 15.0. The van der Waals surface area contributed by atoms with Crippen LogP contribution in [-0.2, 0) is 0 Å². The van der Waals surface area contributed by atoms with Crippen LogP contribution in [0.4, 0.5) is 5.69 Å². The lowest BCUT2D eigenvalue weighted by Crippen LogP contribution is -2.39. The van der Waals surface area contributed by atoms with Crippen molar-refractivity contribution in [2.75, 3.05) is 13.1 Å². The quantitative estimate of drug-likeness (QED) is 0.653. The van der Waals surface area contributed by atoms with Crippen molar-refractivity contribution < 1.29 is 9.72 Å². The Labute approximate surface area is 130 Å². The number of nitro benzene ring substituents is 1. The fourth-order valence-electron chi connectivity index (χ4n) is 3.09. The SMILES string of the molecule is O=C(c1cc([N+](=O)[O-])ccc1Br)N1CCC2CCC(C1)N2. The smallest absolute Gasteiger partial charge is 0.270 e. The molecule has 6 nitrogen and oxygen atoms in total. The number of amides is 1. The summed E-state index contributed by atoms with van der Waals surface area (Å²) in [6.07, 6.45) is 3.20. The number of non-ortho nitro benzene ring substituents is 1. The molecular formula is C14H16BrN3O3. The van der Waals surface area contributed by atoms with Crippen LogP contribution >= 0.6 is 15.9 Å². The Morgan fingerprint density at radius 1 is 1.33 bits per heavy atom. The Hall–Kier alpha value is -1.47. The van der Waals surface area contributed by atoms with E-state index in [-0.39, 0.29) is 11.6 Å². The van der Waals surface area contributed by atoms with E-state index in [9.17, 15) is 14.9 Å². The van der Waals surface area contributed by atoms with Gasteiger partial charge in [0.25, 0.3) is 11.6 Å². The molecule has 2 aliphatic rings. The van der Waals surface area contributed by atoms with E-state index in [0.717, 1.165) is 12.8 Å². The van der Waals surface area contributed by atoms with Gasteiger partial charge in [-0.2, -0.15) is 0 Å². The summed E-state index contributed by atoms with van der Waals surface area (Å²) in [6, 6.07) is 5.16. The van der Waals surface area contributed by atoms with Gasteiger partial charge in [0, 0.05) is 41.8 Å². The number of rotatable bonds is 2. The number of fused-ring (bicyclic) bond motifs is 2. The Balaban J connectivity index is 1.84. The standard InChI is InChI=1S/C14H16BrN3O3/c15-13-4-3-11(18(20)21)7-12(13)14(19)17-6-5-9-1-2-10(8-17)16-9/h3-4,7,9-10,16H,1-2,5-6,8H2. The third-order valence-electron chi connectivity index (χ3n) is 4.20. The first-order valence-electron chi connectivity index (χ1n) is 7.04. The van der Waals surface area contributed by atoms with E-state index in [1.807, 2.05) is 0 Å². The highest BCUT2D eigenvalue weighted by Gasteiger charge is 2.32. The van der Waals surface area contributed by atoms with E-state index < -0.39 is 4.92 Å². The first-order valence-corrected chi connectivity index (χ1v) is 7.83. The molecule has 2 bridgehead atoms. The second kappa shape index (κ2) is 5.73. The molecular weight excluding hydrogens is 338 g/mol. The second-order valence-electron chi connectivity index (χ2n) is 5.60. The van der Waals surface area contributed by atoms with Crippen molar-refractivity contribution in [3.05, 3.63) is 38.3 Å². The third-order valence-corrected chi connectivity index (χ3v) is 4.89. The molecule has 2 saturated heterocycles. The predicted octanol–water partition coefficient (Wildman–Crippen LogP) is 2.32. The molecule has 0 spiro atoms. The molecule has 1 aromatic carbocycles. The van der Waals surface area contributed by atoms with Crippen LogP contribution in [0.1, 0.15) is 29.6 Å². The number of carbonyl (C=O) groups is 1. The molecule has 112 valence electrons. The molecule has 0 aromatic heterocycles. The van der Waals surface area contributed by atoms with Gasteiger partial charge < -0.3 is 10.2 Å². The molecule has 2 aliphatic heterocycles. The van der Waals surface area contributed by atoms with Crippen LogP contribution in [0.5, 0.6) is 0 Å². The Bertz CT molecular complexity index is 593. The fraction of sp³-hybridized carbons (Fsp3) is 0.500. The molecule has 0 radical (unpaired) electrons. The van der Waals surface area contributed by atoms with E-state index >= 15 is 0 Å². The maximum absolute atomic E-state index is 12.7. The van der Waals surface area contributed by atoms with Crippen LogP contribution in [0, 0.1) is 10.1 Å². The minimum absolute atomic E-state index is 0.0592.